The van der Waals surface area contributed by atoms with Crippen molar-refractivity contribution in [2.45, 2.75) is 45.6 Å². The van der Waals surface area contributed by atoms with E-state index < -0.39 is 0 Å². The van der Waals surface area contributed by atoms with Gasteiger partial charge >= 0.3 is 0 Å². The summed E-state index contributed by atoms with van der Waals surface area (Å²) in [6, 6.07) is 18.4. The molecule has 1 heterocycles. The summed E-state index contributed by atoms with van der Waals surface area (Å²) in [5.74, 6) is 0.520. The lowest BCUT2D eigenvalue weighted by Gasteiger charge is -2.29. The van der Waals surface area contributed by atoms with E-state index in [0.717, 1.165) is 25.1 Å². The molecule has 1 aliphatic rings. The van der Waals surface area contributed by atoms with Gasteiger partial charge in [-0.1, -0.05) is 44.2 Å². The molecule has 1 N–H and O–H groups in total. The summed E-state index contributed by atoms with van der Waals surface area (Å²) in [6.45, 7) is 6.62. The van der Waals surface area contributed by atoms with Gasteiger partial charge in [-0.25, -0.2) is 0 Å². The Morgan fingerprint density at radius 1 is 0.962 bits per heavy atom. The molecule has 0 radical (unpaired) electrons. The minimum absolute atomic E-state index is 0.00435. The van der Waals surface area contributed by atoms with Crippen molar-refractivity contribution in [1.82, 2.24) is 5.32 Å². The highest BCUT2D eigenvalue weighted by Gasteiger charge is 2.17. The zero-order valence-electron chi connectivity index (χ0n) is 15.9. The minimum Gasteiger partial charge on any atom is -0.372 e. The normalized spacial score (nSPS) is 15.7. The van der Waals surface area contributed by atoms with Crippen molar-refractivity contribution in [2.24, 2.45) is 5.92 Å². The molecule has 0 aromatic heterocycles. The van der Waals surface area contributed by atoms with Crippen LogP contribution < -0.4 is 10.2 Å². The molecular weight excluding hydrogens is 320 g/mol. The third kappa shape index (κ3) is 4.87. The Morgan fingerprint density at radius 3 is 2.23 bits per heavy atom. The number of rotatable bonds is 6. The number of carbonyl (C=O) groups excluding carboxylic acids is 1. The van der Waals surface area contributed by atoms with Gasteiger partial charge in [-0.15, -0.1) is 0 Å². The first-order chi connectivity index (χ1) is 12.6. The van der Waals surface area contributed by atoms with Gasteiger partial charge in [0.05, 0.1) is 6.04 Å². The maximum atomic E-state index is 12.8. The summed E-state index contributed by atoms with van der Waals surface area (Å²) in [7, 11) is 0. The van der Waals surface area contributed by atoms with Crippen molar-refractivity contribution < 1.29 is 4.79 Å². The van der Waals surface area contributed by atoms with Crippen LogP contribution in [-0.4, -0.2) is 19.0 Å². The lowest BCUT2D eigenvalue weighted by atomic mass is 9.96. The van der Waals surface area contributed by atoms with Crippen LogP contribution in [0.3, 0.4) is 0 Å². The van der Waals surface area contributed by atoms with Crippen molar-refractivity contribution >= 4 is 11.6 Å². The van der Waals surface area contributed by atoms with E-state index in [4.69, 9.17) is 0 Å². The molecule has 1 atom stereocenters. The SMILES string of the molecule is CC(C)C[C@@H](NC(=O)c1ccc(N2CCCCC2)cc1)c1ccccc1. The van der Waals surface area contributed by atoms with Gasteiger partial charge in [0, 0.05) is 24.3 Å². The van der Waals surface area contributed by atoms with E-state index in [0.29, 0.717) is 5.92 Å². The first kappa shape index (κ1) is 18.5. The van der Waals surface area contributed by atoms with Gasteiger partial charge < -0.3 is 10.2 Å². The van der Waals surface area contributed by atoms with Crippen molar-refractivity contribution in [3.05, 3.63) is 65.7 Å². The fraction of sp³-hybridized carbons (Fsp3) is 0.435. The highest BCUT2D eigenvalue weighted by Crippen LogP contribution is 2.23. The van der Waals surface area contributed by atoms with Crippen LogP contribution in [0.4, 0.5) is 5.69 Å². The molecule has 1 fully saturated rings. The highest BCUT2D eigenvalue weighted by atomic mass is 16.1. The molecule has 2 aromatic rings. The lowest BCUT2D eigenvalue weighted by Crippen LogP contribution is -2.30. The van der Waals surface area contributed by atoms with Gasteiger partial charge in [0.15, 0.2) is 0 Å². The van der Waals surface area contributed by atoms with Gasteiger partial charge in [0.2, 0.25) is 0 Å². The van der Waals surface area contributed by atoms with Gasteiger partial charge in [0.1, 0.15) is 0 Å². The molecule has 0 aliphatic carbocycles. The summed E-state index contributed by atoms with van der Waals surface area (Å²) in [5.41, 5.74) is 3.12. The number of anilines is 1. The third-order valence-corrected chi connectivity index (χ3v) is 5.07. The molecule has 1 saturated heterocycles. The van der Waals surface area contributed by atoms with Crippen LogP contribution >= 0.6 is 0 Å². The van der Waals surface area contributed by atoms with Crippen molar-refractivity contribution in [3.63, 3.8) is 0 Å². The fourth-order valence-corrected chi connectivity index (χ4v) is 3.65. The number of nitrogens with one attached hydrogen (secondary N) is 1. The predicted octanol–water partition coefficient (Wildman–Crippen LogP) is 5.19. The number of piperidine rings is 1. The second kappa shape index (κ2) is 8.88. The Kier molecular flexibility index (Phi) is 6.32. The minimum atomic E-state index is 0.00435. The summed E-state index contributed by atoms with van der Waals surface area (Å²) < 4.78 is 0. The molecule has 1 amide bonds. The zero-order chi connectivity index (χ0) is 18.4. The Hall–Kier alpha value is -2.29. The molecule has 0 saturated carbocycles. The maximum absolute atomic E-state index is 12.8. The van der Waals surface area contributed by atoms with Crippen LogP contribution in [0, 0.1) is 5.92 Å². The molecule has 3 heteroatoms. The third-order valence-electron chi connectivity index (χ3n) is 5.07. The number of hydrogen-bond acceptors (Lipinski definition) is 2. The summed E-state index contributed by atoms with van der Waals surface area (Å²) in [6.07, 6.45) is 4.78. The molecule has 3 rings (SSSR count). The van der Waals surface area contributed by atoms with E-state index in [2.05, 4.69) is 48.3 Å². The van der Waals surface area contributed by atoms with Crippen molar-refractivity contribution in [2.75, 3.05) is 18.0 Å². The van der Waals surface area contributed by atoms with E-state index in [9.17, 15) is 4.79 Å². The molecule has 0 spiro atoms. The average molecular weight is 351 g/mol. The highest BCUT2D eigenvalue weighted by molar-refractivity contribution is 5.94. The van der Waals surface area contributed by atoms with Gasteiger partial charge in [-0.2, -0.15) is 0 Å². The fourth-order valence-electron chi connectivity index (χ4n) is 3.65. The van der Waals surface area contributed by atoms with Gasteiger partial charge in [-0.3, -0.25) is 4.79 Å². The maximum Gasteiger partial charge on any atom is 0.251 e. The molecule has 2 aromatic carbocycles. The van der Waals surface area contributed by atoms with E-state index in [1.54, 1.807) is 0 Å². The molecule has 26 heavy (non-hydrogen) atoms. The number of amides is 1. The quantitative estimate of drug-likeness (QED) is 0.777. The second-order valence-electron chi connectivity index (χ2n) is 7.66. The Morgan fingerprint density at radius 2 is 1.62 bits per heavy atom. The van der Waals surface area contributed by atoms with Crippen molar-refractivity contribution in [3.8, 4) is 0 Å². The summed E-state index contributed by atoms with van der Waals surface area (Å²) >= 11 is 0. The lowest BCUT2D eigenvalue weighted by molar-refractivity contribution is 0.0932. The van der Waals surface area contributed by atoms with Crippen molar-refractivity contribution in [1.29, 1.82) is 0 Å². The van der Waals surface area contributed by atoms with Crippen LogP contribution in [0.5, 0.6) is 0 Å². The number of nitrogens with zero attached hydrogens (tertiary/aromatic N) is 1. The molecule has 0 bridgehead atoms. The average Bonchev–Trinajstić information content (AvgIpc) is 2.68. The Bertz CT molecular complexity index is 688. The van der Waals surface area contributed by atoms with Gasteiger partial charge in [0.25, 0.3) is 5.91 Å². The Labute approximate surface area is 157 Å². The topological polar surface area (TPSA) is 32.3 Å². The van der Waals surface area contributed by atoms with E-state index in [-0.39, 0.29) is 11.9 Å². The summed E-state index contributed by atoms with van der Waals surface area (Å²) in [5, 5.41) is 3.23. The van der Waals surface area contributed by atoms with Crippen LogP contribution in [0.15, 0.2) is 54.6 Å². The predicted molar refractivity (Wildman–Crippen MR) is 109 cm³/mol. The second-order valence-corrected chi connectivity index (χ2v) is 7.66. The number of benzene rings is 2. The number of hydrogen-bond donors (Lipinski definition) is 1. The standard InChI is InChI=1S/C23H30N2O/c1-18(2)17-22(19-9-5-3-6-10-19)24-23(26)20-11-13-21(14-12-20)25-15-7-4-8-16-25/h3,5-6,9-14,18,22H,4,7-8,15-17H2,1-2H3,(H,24,26)/t22-/m1/s1. The largest absolute Gasteiger partial charge is 0.372 e. The zero-order valence-corrected chi connectivity index (χ0v) is 15.9. The number of carbonyl (C=O) groups is 1. The smallest absolute Gasteiger partial charge is 0.251 e. The van der Waals surface area contributed by atoms with E-state index in [1.807, 2.05) is 30.3 Å². The molecule has 138 valence electrons. The van der Waals surface area contributed by atoms with Crippen LogP contribution in [0.2, 0.25) is 0 Å². The van der Waals surface area contributed by atoms with E-state index >= 15 is 0 Å². The molecule has 1 aliphatic heterocycles. The van der Waals surface area contributed by atoms with Crippen LogP contribution in [-0.2, 0) is 0 Å². The molecular formula is C23H30N2O. The first-order valence-corrected chi connectivity index (χ1v) is 9.84. The van der Waals surface area contributed by atoms with Crippen LogP contribution in [0.25, 0.3) is 0 Å². The molecule has 3 nitrogen and oxygen atoms in total. The van der Waals surface area contributed by atoms with E-state index in [1.165, 1.54) is 30.5 Å². The van der Waals surface area contributed by atoms with Gasteiger partial charge in [-0.05, 0) is 61.4 Å². The molecule has 0 unspecified atom stereocenters. The first-order valence-electron chi connectivity index (χ1n) is 9.84. The summed E-state index contributed by atoms with van der Waals surface area (Å²) in [4.78, 5) is 15.2. The van der Waals surface area contributed by atoms with Crippen LogP contribution in [0.1, 0.15) is 61.5 Å². The Balaban J connectivity index is 1.68. The monoisotopic (exact) mass is 350 g/mol.